The molecule has 29 heteroatoms. The third-order valence-corrected chi connectivity index (χ3v) is 18.1. The standard InChI is InChI=1S/C26H30FN5O4.C14H17N3O2.C13H16FNO3.C13H16N4O2.C4H8O2.ClH/c1-16(2)21(29-22(33)19-15-17(3)5-6-20(19)27)23(34)31-13-9-26(10-14-31)24(35)30(4)25(36)32(26)18-7-11-28-12-8-18;1-16-12(18)14(7-3-2-4-8-14)17(13(16)19)11-5-9-15-10-6-11;1-7(2)11(13(17)18)15-12(16)9-6-8(3)4-5-10(9)14;1-16-11(18)13(4-8-15-9-5-13)17(12(16)19)10-2-6-14-7-3-10;1-3-6-4(2)5;/h5-8,11-12,15-16,21H,9-10,13-14H2,1-4H3,(H,29,33);5-6,9-10H,2-4,7-8H2,1H3;4-7,11H,1-3H3,(H,15,16)(H,17,18);2-3,6-7,15H,4-5,8-9H2,1H3;3H2,1-2H3;1H/t21-;;11-;;;/m1.1.../s1. The maximum absolute atomic E-state index is 14.2. The van der Waals surface area contributed by atoms with Crippen LogP contribution in [0, 0.1) is 37.3 Å². The van der Waals surface area contributed by atoms with Gasteiger partial charge >= 0.3 is 30.0 Å². The number of hydrogen-bond donors (Lipinski definition) is 4. The summed E-state index contributed by atoms with van der Waals surface area (Å²) in [6.45, 7) is 16.0. The van der Waals surface area contributed by atoms with Crippen LogP contribution in [0.15, 0.2) is 110 Å². The Hall–Kier alpha value is -9.83. The molecular weight excluding hydrogens is 1300 g/mol. The van der Waals surface area contributed by atoms with E-state index in [0.29, 0.717) is 25.1 Å². The number of rotatable bonds is 12. The number of hydrogen-bond acceptors (Lipinski definition) is 16. The second-order valence-corrected chi connectivity index (χ2v) is 25.4. The number of esters is 1. The number of imide groups is 3. The van der Waals surface area contributed by atoms with Crippen molar-refractivity contribution < 1.29 is 71.4 Å². The summed E-state index contributed by atoms with van der Waals surface area (Å²) in [5.74, 6) is -5.32. The average molecular weight is 1390 g/mol. The summed E-state index contributed by atoms with van der Waals surface area (Å²) in [4.78, 5) is 157. The number of likely N-dealkylation sites (N-methyl/N-ethyl adjacent to an activating group) is 3. The van der Waals surface area contributed by atoms with Crippen molar-refractivity contribution in [3.05, 3.63) is 144 Å². The highest BCUT2D eigenvalue weighted by atomic mass is 35.5. The van der Waals surface area contributed by atoms with Gasteiger partial charge in [-0.2, -0.15) is 0 Å². The molecule has 12 amide bonds. The molecule has 0 unspecified atom stereocenters. The van der Waals surface area contributed by atoms with E-state index in [2.05, 4.69) is 35.6 Å². The van der Waals surface area contributed by atoms with E-state index in [0.717, 1.165) is 72.6 Å². The third kappa shape index (κ3) is 17.2. The molecule has 1 aliphatic carbocycles. The predicted octanol–water partition coefficient (Wildman–Crippen LogP) is 8.49. The molecule has 5 aromatic rings. The number of likely N-dealkylation sites (tertiary alicyclic amines) is 1. The molecule has 0 bridgehead atoms. The van der Waals surface area contributed by atoms with E-state index in [4.69, 9.17) is 5.11 Å². The van der Waals surface area contributed by atoms with Gasteiger partial charge in [-0.05, 0) is 145 Å². The molecule has 4 N–H and O–H groups in total. The lowest BCUT2D eigenvalue weighted by molar-refractivity contribution is -0.141. The molecule has 11 rings (SSSR count). The fraction of sp³-hybridized carbons (Fsp3) is 0.457. The largest absolute Gasteiger partial charge is 0.480 e. The number of piperidine rings is 2. The van der Waals surface area contributed by atoms with Gasteiger partial charge in [0, 0.05) is 95.4 Å². The van der Waals surface area contributed by atoms with Gasteiger partial charge in [0.15, 0.2) is 0 Å². The van der Waals surface area contributed by atoms with Crippen LogP contribution in [0.2, 0.25) is 0 Å². The number of benzene rings is 2. The summed E-state index contributed by atoms with van der Waals surface area (Å²) in [6.07, 6.45) is 16.1. The van der Waals surface area contributed by atoms with Crippen molar-refractivity contribution >= 4 is 94.9 Å². The molecule has 2 aromatic carbocycles. The van der Waals surface area contributed by atoms with Crippen LogP contribution in [0.1, 0.15) is 131 Å². The van der Waals surface area contributed by atoms with Crippen LogP contribution in [-0.4, -0.2) is 188 Å². The van der Waals surface area contributed by atoms with Gasteiger partial charge in [0.05, 0.1) is 17.7 Å². The monoisotopic (exact) mass is 1390 g/mol. The van der Waals surface area contributed by atoms with Crippen LogP contribution in [0.25, 0.3) is 0 Å². The smallest absolute Gasteiger partial charge is 0.331 e. The van der Waals surface area contributed by atoms with Gasteiger partial charge in [-0.1, -0.05) is 70.2 Å². The fourth-order valence-electron chi connectivity index (χ4n) is 12.9. The maximum atomic E-state index is 14.2. The number of nitrogens with one attached hydrogen (secondary N) is 3. The number of amides is 12. The van der Waals surface area contributed by atoms with Gasteiger partial charge in [-0.25, -0.2) is 28.0 Å². The number of nitrogens with zero attached hydrogens (tertiary/aromatic N) is 10. The second kappa shape index (κ2) is 34.1. The van der Waals surface area contributed by atoms with Crippen LogP contribution in [0.4, 0.5) is 40.2 Å². The van der Waals surface area contributed by atoms with Gasteiger partial charge in [0.25, 0.3) is 29.5 Å². The molecule has 1 saturated carbocycles. The van der Waals surface area contributed by atoms with E-state index in [-0.39, 0.29) is 103 Å². The van der Waals surface area contributed by atoms with E-state index < -0.39 is 64.1 Å². The lowest BCUT2D eigenvalue weighted by Crippen LogP contribution is -2.60. The Morgan fingerprint density at radius 3 is 1.21 bits per heavy atom. The number of anilines is 3. The van der Waals surface area contributed by atoms with Crippen molar-refractivity contribution in [2.45, 2.75) is 142 Å². The number of aliphatic carboxylic acids is 1. The minimum Gasteiger partial charge on any atom is -0.480 e. The van der Waals surface area contributed by atoms with Crippen LogP contribution < -0.4 is 30.7 Å². The van der Waals surface area contributed by atoms with Gasteiger partial charge < -0.3 is 30.7 Å². The van der Waals surface area contributed by atoms with Gasteiger partial charge in [0.2, 0.25) is 5.91 Å². The highest BCUT2D eigenvalue weighted by molar-refractivity contribution is 6.18. The van der Waals surface area contributed by atoms with Crippen LogP contribution >= 0.6 is 12.4 Å². The number of carbonyl (C=O) groups excluding carboxylic acids is 10. The molecule has 99 heavy (non-hydrogen) atoms. The summed E-state index contributed by atoms with van der Waals surface area (Å²) in [6, 6.07) is 16.1. The normalized spacial score (nSPS) is 17.9. The molecule has 6 fully saturated rings. The quantitative estimate of drug-likeness (QED) is 0.0672. The van der Waals surface area contributed by atoms with Crippen molar-refractivity contribution in [2.75, 3.05) is 68.6 Å². The molecule has 5 aliphatic heterocycles. The van der Waals surface area contributed by atoms with Gasteiger partial charge in [-0.15, -0.1) is 12.4 Å². The van der Waals surface area contributed by atoms with Crippen LogP contribution in [0.5, 0.6) is 0 Å². The Labute approximate surface area is 580 Å². The van der Waals surface area contributed by atoms with Crippen molar-refractivity contribution in [3.8, 4) is 0 Å². The number of carboxylic acids is 1. The topological polar surface area (TPSA) is 315 Å². The van der Waals surface area contributed by atoms with E-state index in [1.54, 1.807) is 163 Å². The molecule has 2 atom stereocenters. The van der Waals surface area contributed by atoms with E-state index in [1.165, 1.54) is 52.9 Å². The molecule has 3 aromatic heterocycles. The van der Waals surface area contributed by atoms with Crippen molar-refractivity contribution in [2.24, 2.45) is 11.8 Å². The summed E-state index contributed by atoms with van der Waals surface area (Å²) < 4.78 is 32.1. The number of carboxylic acid groups (broad SMARTS) is 1. The lowest BCUT2D eigenvalue weighted by atomic mass is 9.80. The Kier molecular flexibility index (Phi) is 26.9. The molecule has 6 aliphatic rings. The first kappa shape index (κ1) is 78.2. The first-order valence-electron chi connectivity index (χ1n) is 32.6. The van der Waals surface area contributed by atoms with E-state index in [9.17, 15) is 61.5 Å². The summed E-state index contributed by atoms with van der Waals surface area (Å²) >= 11 is 0. The first-order chi connectivity index (χ1) is 46.5. The number of carbonyl (C=O) groups is 11. The fourth-order valence-corrected chi connectivity index (χ4v) is 12.9. The zero-order chi connectivity index (χ0) is 72.0. The third-order valence-electron chi connectivity index (χ3n) is 18.1. The zero-order valence-corrected chi connectivity index (χ0v) is 58.4. The molecule has 5 saturated heterocycles. The Morgan fingerprint density at radius 2 is 0.889 bits per heavy atom. The number of pyridine rings is 3. The summed E-state index contributed by atoms with van der Waals surface area (Å²) in [5, 5.41) is 17.2. The molecule has 532 valence electrons. The van der Waals surface area contributed by atoms with Crippen molar-refractivity contribution in [3.63, 3.8) is 0 Å². The zero-order valence-electron chi connectivity index (χ0n) is 57.6. The van der Waals surface area contributed by atoms with Gasteiger partial charge in [-0.3, -0.25) is 77.9 Å². The minimum absolute atomic E-state index is 0. The molecule has 8 heterocycles. The van der Waals surface area contributed by atoms with E-state index >= 15 is 0 Å². The number of urea groups is 3. The highest BCUT2D eigenvalue weighted by Crippen LogP contribution is 2.44. The minimum atomic E-state index is -1.13. The Morgan fingerprint density at radius 1 is 0.545 bits per heavy atom. The molecular formula is C70H88ClF2N13O13. The Balaban J connectivity index is 0.000000211. The maximum Gasteiger partial charge on any atom is 0.331 e. The Bertz CT molecular complexity index is 3650. The summed E-state index contributed by atoms with van der Waals surface area (Å²) in [5.41, 5.74) is 0.806. The lowest BCUT2D eigenvalue weighted by Gasteiger charge is -2.43. The first-order valence-corrected chi connectivity index (χ1v) is 32.6. The number of halogens is 3. The van der Waals surface area contributed by atoms with Crippen LogP contribution in [0.3, 0.4) is 0 Å². The highest BCUT2D eigenvalue weighted by Gasteiger charge is 2.60. The van der Waals surface area contributed by atoms with Crippen molar-refractivity contribution in [1.29, 1.82) is 0 Å². The summed E-state index contributed by atoms with van der Waals surface area (Å²) in [7, 11) is 4.58. The van der Waals surface area contributed by atoms with Crippen molar-refractivity contribution in [1.82, 2.24) is 50.5 Å². The molecule has 0 radical (unpaired) electrons. The average Bonchev–Trinajstić information content (AvgIpc) is 1.61. The second-order valence-electron chi connectivity index (χ2n) is 25.4. The molecule has 26 nitrogen and oxygen atoms in total. The van der Waals surface area contributed by atoms with Crippen LogP contribution in [-0.2, 0) is 33.5 Å². The SMILES string of the molecule is CCOC(C)=O.CN1C(=O)N(c2ccncc2)C2(CCCCC2)C1=O.CN1C(=O)N(c2ccncc2)C2(CCNCC2)C1=O.Cc1ccc(F)c(C(=O)N[C@@H](C(=O)N2CCC3(CC2)C(=O)N(C)C(=O)N3c2ccncc2)C(C)C)c1.Cc1ccc(F)c(C(=O)N[C@@H](C(=O)O)C(C)C)c1.Cl. The number of aromatic nitrogens is 3. The number of aryl methyl sites for hydroxylation is 2. The van der Waals surface area contributed by atoms with Gasteiger partial charge in [0.1, 0.15) is 40.3 Å². The predicted molar refractivity (Wildman–Crippen MR) is 365 cm³/mol. The van der Waals surface area contributed by atoms with E-state index in [1.807, 2.05) is 0 Å². The number of ether oxygens (including phenoxy) is 1. The molecule has 3 spiro atoms.